The van der Waals surface area contributed by atoms with Crippen LogP contribution in [-0.4, -0.2) is 32.9 Å². The van der Waals surface area contributed by atoms with Crippen molar-refractivity contribution in [3.8, 4) is 18.1 Å². The number of ether oxygens (including phenoxy) is 2. The van der Waals surface area contributed by atoms with Crippen LogP contribution in [0.3, 0.4) is 0 Å². The van der Waals surface area contributed by atoms with Crippen LogP contribution in [0, 0.1) is 12.3 Å². The first-order valence-corrected chi connectivity index (χ1v) is 5.56. The van der Waals surface area contributed by atoms with E-state index in [-0.39, 0.29) is 6.09 Å². The van der Waals surface area contributed by atoms with Crippen LogP contribution in [0.1, 0.15) is 0 Å². The topological polar surface area (TPSA) is 50.8 Å². The fourth-order valence-corrected chi connectivity index (χ4v) is 1.77. The Hall–Kier alpha value is -2.35. The highest BCUT2D eigenvalue weighted by molar-refractivity contribution is 5.90. The Morgan fingerprint density at radius 3 is 3.06 bits per heavy atom. The van der Waals surface area contributed by atoms with Crippen molar-refractivity contribution < 1.29 is 14.3 Å². The van der Waals surface area contributed by atoms with E-state index in [9.17, 15) is 4.79 Å². The highest BCUT2D eigenvalue weighted by Gasteiger charge is 2.24. The van der Waals surface area contributed by atoms with Crippen molar-refractivity contribution in [1.82, 2.24) is 0 Å². The quantitative estimate of drug-likeness (QED) is 0.821. The van der Waals surface area contributed by atoms with Crippen LogP contribution in [0.25, 0.3) is 0 Å². The SMILES string of the molecule is C#CCNc1ccc(N2CCOC2=O)cc1OC. The first kappa shape index (κ1) is 12.1. The van der Waals surface area contributed by atoms with E-state index in [0.29, 0.717) is 25.4 Å². The summed E-state index contributed by atoms with van der Waals surface area (Å²) < 4.78 is 10.2. The fourth-order valence-electron chi connectivity index (χ4n) is 1.77. The number of carbonyl (C=O) groups is 1. The second-order valence-electron chi connectivity index (χ2n) is 3.71. The molecular formula is C13H14N2O3. The van der Waals surface area contributed by atoms with Gasteiger partial charge in [-0.05, 0) is 12.1 Å². The monoisotopic (exact) mass is 246 g/mol. The smallest absolute Gasteiger partial charge is 0.414 e. The third-order valence-corrected chi connectivity index (χ3v) is 2.64. The zero-order valence-corrected chi connectivity index (χ0v) is 10.1. The van der Waals surface area contributed by atoms with Crippen molar-refractivity contribution in [2.24, 2.45) is 0 Å². The standard InChI is InChI=1S/C13H14N2O3/c1-3-6-14-11-5-4-10(9-12(11)17-2)15-7-8-18-13(15)16/h1,4-5,9,14H,6-8H2,2H3. The molecule has 1 aromatic rings. The third-order valence-electron chi connectivity index (χ3n) is 2.64. The maximum atomic E-state index is 11.5. The van der Waals surface area contributed by atoms with Crippen molar-refractivity contribution in [3.05, 3.63) is 18.2 Å². The van der Waals surface area contributed by atoms with E-state index in [1.165, 1.54) is 0 Å². The fraction of sp³-hybridized carbons (Fsp3) is 0.308. The number of hydrogen-bond donors (Lipinski definition) is 1. The normalized spacial score (nSPS) is 14.0. The second-order valence-corrected chi connectivity index (χ2v) is 3.71. The molecule has 5 nitrogen and oxygen atoms in total. The van der Waals surface area contributed by atoms with Crippen LogP contribution in [0.2, 0.25) is 0 Å². The largest absolute Gasteiger partial charge is 0.495 e. The van der Waals surface area contributed by atoms with Crippen LogP contribution in [-0.2, 0) is 4.74 Å². The highest BCUT2D eigenvalue weighted by atomic mass is 16.6. The number of hydrogen-bond acceptors (Lipinski definition) is 4. The number of nitrogens with zero attached hydrogens (tertiary/aromatic N) is 1. The van der Waals surface area contributed by atoms with Gasteiger partial charge in [-0.3, -0.25) is 4.90 Å². The molecule has 1 aliphatic heterocycles. The molecule has 1 saturated heterocycles. The van der Waals surface area contributed by atoms with Crippen LogP contribution in [0.4, 0.5) is 16.2 Å². The number of nitrogens with one attached hydrogen (secondary N) is 1. The molecule has 1 N–H and O–H groups in total. The predicted molar refractivity (Wildman–Crippen MR) is 69.0 cm³/mol. The van der Waals surface area contributed by atoms with Crippen molar-refractivity contribution in [2.45, 2.75) is 0 Å². The molecule has 0 saturated carbocycles. The minimum absolute atomic E-state index is 0.332. The highest BCUT2D eigenvalue weighted by Crippen LogP contribution is 2.30. The Morgan fingerprint density at radius 1 is 1.61 bits per heavy atom. The molecular weight excluding hydrogens is 232 g/mol. The summed E-state index contributed by atoms with van der Waals surface area (Å²) in [5, 5.41) is 3.05. The average molecular weight is 246 g/mol. The molecule has 0 aliphatic carbocycles. The number of cyclic esters (lactones) is 1. The second kappa shape index (κ2) is 5.32. The molecule has 1 heterocycles. The van der Waals surface area contributed by atoms with Gasteiger partial charge >= 0.3 is 6.09 Å². The Labute approximate surface area is 106 Å². The summed E-state index contributed by atoms with van der Waals surface area (Å²) in [6, 6.07) is 5.44. The van der Waals surface area contributed by atoms with Crippen LogP contribution in [0.5, 0.6) is 5.75 Å². The molecule has 1 amide bonds. The van der Waals surface area contributed by atoms with E-state index < -0.39 is 0 Å². The lowest BCUT2D eigenvalue weighted by molar-refractivity contribution is 0.181. The van der Waals surface area contributed by atoms with Gasteiger partial charge in [0.15, 0.2) is 0 Å². The number of rotatable bonds is 4. The molecule has 0 bridgehead atoms. The summed E-state index contributed by atoms with van der Waals surface area (Å²) in [5.74, 6) is 3.13. The summed E-state index contributed by atoms with van der Waals surface area (Å²) in [6.45, 7) is 1.39. The Morgan fingerprint density at radius 2 is 2.44 bits per heavy atom. The van der Waals surface area contributed by atoms with Crippen molar-refractivity contribution in [3.63, 3.8) is 0 Å². The van der Waals surface area contributed by atoms with Gasteiger partial charge in [0.25, 0.3) is 0 Å². The molecule has 0 spiro atoms. The molecule has 0 aromatic heterocycles. The number of methoxy groups -OCH3 is 1. The molecule has 1 aromatic carbocycles. The first-order chi connectivity index (χ1) is 8.76. The maximum absolute atomic E-state index is 11.5. The zero-order chi connectivity index (χ0) is 13.0. The van der Waals surface area contributed by atoms with Crippen LogP contribution >= 0.6 is 0 Å². The Kier molecular flexibility index (Phi) is 3.58. The number of amides is 1. The Bertz CT molecular complexity index is 493. The number of terminal acetylenes is 1. The molecule has 2 rings (SSSR count). The van der Waals surface area contributed by atoms with Crippen molar-refractivity contribution in [1.29, 1.82) is 0 Å². The molecule has 0 radical (unpaired) electrons. The third kappa shape index (κ3) is 2.33. The van der Waals surface area contributed by atoms with E-state index in [0.717, 1.165) is 11.4 Å². The summed E-state index contributed by atoms with van der Waals surface area (Å²) in [7, 11) is 1.57. The molecule has 0 unspecified atom stereocenters. The number of anilines is 2. The first-order valence-electron chi connectivity index (χ1n) is 5.56. The van der Waals surface area contributed by atoms with Gasteiger partial charge in [0.1, 0.15) is 12.4 Å². The summed E-state index contributed by atoms with van der Waals surface area (Å²) >= 11 is 0. The van der Waals surface area contributed by atoms with Crippen molar-refractivity contribution in [2.75, 3.05) is 37.0 Å². The molecule has 1 fully saturated rings. The van der Waals surface area contributed by atoms with Crippen LogP contribution in [0.15, 0.2) is 18.2 Å². The number of carbonyl (C=O) groups excluding carboxylic acids is 1. The summed E-state index contributed by atoms with van der Waals surface area (Å²) in [6.07, 6.45) is 4.86. The molecule has 5 heteroatoms. The van der Waals surface area contributed by atoms with Gasteiger partial charge in [0, 0.05) is 6.07 Å². The molecule has 18 heavy (non-hydrogen) atoms. The van der Waals surface area contributed by atoms with Gasteiger partial charge in [-0.25, -0.2) is 4.79 Å². The lowest BCUT2D eigenvalue weighted by Crippen LogP contribution is -2.23. The van der Waals surface area contributed by atoms with E-state index >= 15 is 0 Å². The zero-order valence-electron chi connectivity index (χ0n) is 10.1. The lowest BCUT2D eigenvalue weighted by Gasteiger charge is -2.16. The average Bonchev–Trinajstić information content (AvgIpc) is 2.82. The number of benzene rings is 1. The van der Waals surface area contributed by atoms with Crippen LogP contribution < -0.4 is 15.0 Å². The summed E-state index contributed by atoms with van der Waals surface area (Å²) in [5.41, 5.74) is 1.55. The molecule has 94 valence electrons. The van der Waals surface area contributed by atoms with E-state index in [2.05, 4.69) is 11.2 Å². The summed E-state index contributed by atoms with van der Waals surface area (Å²) in [4.78, 5) is 13.0. The maximum Gasteiger partial charge on any atom is 0.414 e. The lowest BCUT2D eigenvalue weighted by atomic mass is 10.2. The van der Waals surface area contributed by atoms with Gasteiger partial charge in [0.2, 0.25) is 0 Å². The Balaban J connectivity index is 2.24. The van der Waals surface area contributed by atoms with Gasteiger partial charge < -0.3 is 14.8 Å². The van der Waals surface area contributed by atoms with Gasteiger partial charge in [-0.2, -0.15) is 0 Å². The molecule has 0 atom stereocenters. The molecule has 1 aliphatic rings. The van der Waals surface area contributed by atoms with Gasteiger partial charge in [-0.15, -0.1) is 6.42 Å². The van der Waals surface area contributed by atoms with Crippen molar-refractivity contribution >= 4 is 17.5 Å². The van der Waals surface area contributed by atoms with E-state index in [4.69, 9.17) is 15.9 Å². The van der Waals surface area contributed by atoms with Gasteiger partial charge in [0.05, 0.1) is 31.6 Å². The minimum atomic E-state index is -0.332. The van der Waals surface area contributed by atoms with Gasteiger partial charge in [-0.1, -0.05) is 5.92 Å². The predicted octanol–water partition coefficient (Wildman–Crippen LogP) is 1.70. The van der Waals surface area contributed by atoms with E-state index in [1.54, 1.807) is 18.1 Å². The van der Waals surface area contributed by atoms with E-state index in [1.807, 2.05) is 12.1 Å². The minimum Gasteiger partial charge on any atom is -0.495 e.